The molecule has 9 nitrogen and oxygen atoms in total. The molecular formula is C25H24N4O5S2. The number of anilines is 1. The van der Waals surface area contributed by atoms with Crippen LogP contribution in [0.4, 0.5) is 5.13 Å². The normalized spacial score (nSPS) is 13.4. The number of benzene rings is 2. The maximum Gasteiger partial charge on any atom is 0.335 e. The molecule has 186 valence electrons. The number of carbonyl (C=O) groups excluding carboxylic acids is 3. The van der Waals surface area contributed by atoms with E-state index in [1.165, 1.54) is 35.6 Å². The number of thiazole rings is 1. The summed E-state index contributed by atoms with van der Waals surface area (Å²) in [4.78, 5) is 55.6. The Kier molecular flexibility index (Phi) is 8.01. The molecule has 1 aliphatic rings. The van der Waals surface area contributed by atoms with Crippen LogP contribution in [0.2, 0.25) is 0 Å². The summed E-state index contributed by atoms with van der Waals surface area (Å²) >= 11 is 2.89. The highest BCUT2D eigenvalue weighted by atomic mass is 32.2. The molecule has 0 saturated carbocycles. The van der Waals surface area contributed by atoms with E-state index < -0.39 is 5.97 Å². The van der Waals surface area contributed by atoms with E-state index in [0.29, 0.717) is 48.2 Å². The van der Waals surface area contributed by atoms with E-state index in [-0.39, 0.29) is 23.3 Å². The predicted octanol–water partition coefficient (Wildman–Crippen LogP) is 3.69. The molecule has 11 heteroatoms. The molecule has 0 unspecified atom stereocenters. The standard InChI is InChI=1S/C25H24N4O5S2/c1-16(30)28-9-11-29(12-10-28)23(32)20-4-2-3-17(13-20)15-35-21-14-26-25(36-21)27-22(31)18-5-7-19(8-6-18)24(33)34/h2-8,13-14H,9-12,15H2,1H3,(H,33,34)(H,26,27,31). The van der Waals surface area contributed by atoms with Gasteiger partial charge in [-0.25, -0.2) is 9.78 Å². The van der Waals surface area contributed by atoms with Gasteiger partial charge in [-0.3, -0.25) is 19.7 Å². The maximum atomic E-state index is 12.9. The van der Waals surface area contributed by atoms with Crippen molar-refractivity contribution in [3.63, 3.8) is 0 Å². The summed E-state index contributed by atoms with van der Waals surface area (Å²) in [6.07, 6.45) is 1.68. The zero-order valence-corrected chi connectivity index (χ0v) is 21.1. The first-order valence-electron chi connectivity index (χ1n) is 11.2. The van der Waals surface area contributed by atoms with Gasteiger partial charge < -0.3 is 14.9 Å². The van der Waals surface area contributed by atoms with Crippen LogP contribution in [0, 0.1) is 0 Å². The van der Waals surface area contributed by atoms with Crippen LogP contribution in [0.15, 0.2) is 58.9 Å². The average Bonchev–Trinajstić information content (AvgIpc) is 3.34. The Labute approximate surface area is 216 Å². The van der Waals surface area contributed by atoms with Gasteiger partial charge in [0.05, 0.1) is 16.0 Å². The van der Waals surface area contributed by atoms with Crippen molar-refractivity contribution in [2.24, 2.45) is 0 Å². The number of rotatable bonds is 7. The molecule has 1 aliphatic heterocycles. The van der Waals surface area contributed by atoms with E-state index in [4.69, 9.17) is 5.11 Å². The quantitative estimate of drug-likeness (QED) is 0.452. The minimum absolute atomic E-state index is 0.0290. The highest BCUT2D eigenvalue weighted by Crippen LogP contribution is 2.31. The van der Waals surface area contributed by atoms with Gasteiger partial charge in [-0.15, -0.1) is 11.8 Å². The van der Waals surface area contributed by atoms with Gasteiger partial charge in [0, 0.05) is 50.0 Å². The molecule has 1 aromatic heterocycles. The van der Waals surface area contributed by atoms with E-state index >= 15 is 0 Å². The SMILES string of the molecule is CC(=O)N1CCN(C(=O)c2cccc(CSc3cnc(NC(=O)c4ccc(C(=O)O)cc4)s3)c2)CC1. The molecule has 3 amide bonds. The molecule has 1 fully saturated rings. The third-order valence-corrected chi connectivity index (χ3v) is 7.84. The van der Waals surface area contributed by atoms with Crippen molar-refractivity contribution in [1.29, 1.82) is 0 Å². The van der Waals surface area contributed by atoms with Gasteiger partial charge in [-0.2, -0.15) is 0 Å². The van der Waals surface area contributed by atoms with Gasteiger partial charge in [-0.05, 0) is 42.0 Å². The van der Waals surface area contributed by atoms with Crippen LogP contribution in [0.3, 0.4) is 0 Å². The minimum atomic E-state index is -1.05. The Bertz CT molecular complexity index is 1280. The second-order valence-electron chi connectivity index (χ2n) is 8.11. The second-order valence-corrected chi connectivity index (χ2v) is 10.4. The van der Waals surface area contributed by atoms with Gasteiger partial charge in [0.1, 0.15) is 0 Å². The number of hydrogen-bond acceptors (Lipinski definition) is 7. The highest BCUT2D eigenvalue weighted by Gasteiger charge is 2.23. The largest absolute Gasteiger partial charge is 0.478 e. The minimum Gasteiger partial charge on any atom is -0.478 e. The summed E-state index contributed by atoms with van der Waals surface area (Å²) in [6.45, 7) is 3.69. The van der Waals surface area contributed by atoms with Crippen LogP contribution >= 0.6 is 23.1 Å². The maximum absolute atomic E-state index is 12.9. The van der Waals surface area contributed by atoms with Crippen LogP contribution in [-0.4, -0.2) is 69.8 Å². The summed E-state index contributed by atoms with van der Waals surface area (Å²) in [5.41, 5.74) is 2.07. The second kappa shape index (κ2) is 11.4. The number of aromatic carboxylic acids is 1. The molecule has 36 heavy (non-hydrogen) atoms. The van der Waals surface area contributed by atoms with Crippen molar-refractivity contribution in [3.05, 3.63) is 77.0 Å². The molecule has 0 spiro atoms. The molecule has 3 aromatic rings. The monoisotopic (exact) mass is 524 g/mol. The van der Waals surface area contributed by atoms with E-state index in [9.17, 15) is 19.2 Å². The lowest BCUT2D eigenvalue weighted by Crippen LogP contribution is -2.50. The van der Waals surface area contributed by atoms with Crippen LogP contribution < -0.4 is 5.32 Å². The Morgan fingerprint density at radius 3 is 2.31 bits per heavy atom. The zero-order chi connectivity index (χ0) is 25.7. The predicted molar refractivity (Wildman–Crippen MR) is 138 cm³/mol. The number of thioether (sulfide) groups is 1. The molecule has 2 aromatic carbocycles. The average molecular weight is 525 g/mol. The van der Waals surface area contributed by atoms with E-state index in [1.54, 1.807) is 40.7 Å². The highest BCUT2D eigenvalue weighted by molar-refractivity contribution is 8.00. The van der Waals surface area contributed by atoms with Gasteiger partial charge in [0.15, 0.2) is 5.13 Å². The molecule has 0 radical (unpaired) electrons. The lowest BCUT2D eigenvalue weighted by atomic mass is 10.1. The number of piperazine rings is 1. The van der Waals surface area contributed by atoms with Crippen molar-refractivity contribution in [1.82, 2.24) is 14.8 Å². The fourth-order valence-corrected chi connectivity index (χ4v) is 5.48. The molecule has 2 heterocycles. The van der Waals surface area contributed by atoms with E-state index in [2.05, 4.69) is 10.3 Å². The summed E-state index contributed by atoms with van der Waals surface area (Å²) < 4.78 is 0.906. The number of carboxylic acid groups (broad SMARTS) is 1. The lowest BCUT2D eigenvalue weighted by Gasteiger charge is -2.34. The molecular weight excluding hydrogens is 500 g/mol. The van der Waals surface area contributed by atoms with Crippen molar-refractivity contribution < 1.29 is 24.3 Å². The van der Waals surface area contributed by atoms with Crippen molar-refractivity contribution in [3.8, 4) is 0 Å². The van der Waals surface area contributed by atoms with Crippen molar-refractivity contribution in [2.75, 3.05) is 31.5 Å². The number of nitrogens with one attached hydrogen (secondary N) is 1. The number of aromatic nitrogens is 1. The van der Waals surface area contributed by atoms with Crippen LogP contribution in [0.25, 0.3) is 0 Å². The Hall–Kier alpha value is -3.70. The summed E-state index contributed by atoms with van der Waals surface area (Å²) in [5, 5.41) is 12.1. The van der Waals surface area contributed by atoms with E-state index in [0.717, 1.165) is 9.77 Å². The van der Waals surface area contributed by atoms with Crippen molar-refractivity contribution in [2.45, 2.75) is 16.9 Å². The van der Waals surface area contributed by atoms with Crippen LogP contribution in [-0.2, 0) is 10.5 Å². The van der Waals surface area contributed by atoms with Gasteiger partial charge in [0.25, 0.3) is 11.8 Å². The number of amides is 3. The number of hydrogen-bond donors (Lipinski definition) is 2. The summed E-state index contributed by atoms with van der Waals surface area (Å²) in [6, 6.07) is 13.2. The van der Waals surface area contributed by atoms with Gasteiger partial charge in [-0.1, -0.05) is 23.5 Å². The number of carbonyl (C=O) groups is 4. The lowest BCUT2D eigenvalue weighted by molar-refractivity contribution is -0.130. The molecule has 0 bridgehead atoms. The first-order chi connectivity index (χ1) is 17.3. The first-order valence-corrected chi connectivity index (χ1v) is 13.0. The molecule has 4 rings (SSSR count). The van der Waals surface area contributed by atoms with Crippen LogP contribution in [0.1, 0.15) is 43.6 Å². The number of nitrogens with zero attached hydrogens (tertiary/aromatic N) is 3. The molecule has 0 atom stereocenters. The summed E-state index contributed by atoms with van der Waals surface area (Å²) in [7, 11) is 0. The Morgan fingerprint density at radius 2 is 1.64 bits per heavy atom. The van der Waals surface area contributed by atoms with Gasteiger partial charge >= 0.3 is 5.97 Å². The zero-order valence-electron chi connectivity index (χ0n) is 19.5. The Balaban J connectivity index is 1.31. The molecule has 1 saturated heterocycles. The van der Waals surface area contributed by atoms with Crippen molar-refractivity contribution >= 4 is 51.9 Å². The first kappa shape index (κ1) is 25.4. The fourth-order valence-electron chi connectivity index (χ4n) is 3.67. The Morgan fingerprint density at radius 1 is 0.972 bits per heavy atom. The third-order valence-electron chi connectivity index (χ3n) is 5.67. The fraction of sp³-hybridized carbons (Fsp3) is 0.240. The van der Waals surface area contributed by atoms with Crippen LogP contribution in [0.5, 0.6) is 0 Å². The molecule has 2 N–H and O–H groups in total. The smallest absolute Gasteiger partial charge is 0.335 e. The van der Waals surface area contributed by atoms with E-state index in [1.807, 2.05) is 18.2 Å². The molecule has 0 aliphatic carbocycles. The topological polar surface area (TPSA) is 120 Å². The number of carboxylic acids is 1. The van der Waals surface area contributed by atoms with Gasteiger partial charge in [0.2, 0.25) is 5.91 Å². The third kappa shape index (κ3) is 6.29. The summed E-state index contributed by atoms with van der Waals surface area (Å²) in [5.74, 6) is -0.796.